The third-order valence-electron chi connectivity index (χ3n) is 4.04. The molecule has 0 aromatic heterocycles. The minimum Gasteiger partial charge on any atom is -0.508 e. The third kappa shape index (κ3) is 3.71. The van der Waals surface area contributed by atoms with Gasteiger partial charge in [-0.1, -0.05) is 22.9 Å². The maximum Gasteiger partial charge on any atom is 0.120 e. The van der Waals surface area contributed by atoms with Crippen molar-refractivity contribution in [2.24, 2.45) is 0 Å². The number of hydrogen-bond acceptors (Lipinski definition) is 3. The molecular weight excluding hydrogens is 304 g/mol. The van der Waals surface area contributed by atoms with Crippen LogP contribution in [0.2, 0.25) is 0 Å². The fourth-order valence-corrected chi connectivity index (χ4v) is 3.17. The summed E-state index contributed by atoms with van der Waals surface area (Å²) in [5.74, 6) is 0.377. The van der Waals surface area contributed by atoms with Crippen molar-refractivity contribution in [3.05, 3.63) is 28.2 Å². The summed E-state index contributed by atoms with van der Waals surface area (Å²) in [6.07, 6.45) is 3.53. The van der Waals surface area contributed by atoms with Gasteiger partial charge in [0.25, 0.3) is 0 Å². The lowest BCUT2D eigenvalue weighted by Crippen LogP contribution is -2.37. The quantitative estimate of drug-likeness (QED) is 0.871. The third-order valence-corrected chi connectivity index (χ3v) is 4.54. The van der Waals surface area contributed by atoms with Crippen LogP contribution in [0.3, 0.4) is 0 Å². The molecule has 1 aromatic carbocycles. The van der Waals surface area contributed by atoms with Crippen molar-refractivity contribution in [2.75, 3.05) is 20.1 Å². The molecule has 2 N–H and O–H groups in total. The van der Waals surface area contributed by atoms with Crippen molar-refractivity contribution in [1.29, 1.82) is 0 Å². The van der Waals surface area contributed by atoms with Gasteiger partial charge in [-0.25, -0.2) is 0 Å². The highest BCUT2D eigenvalue weighted by Gasteiger charge is 2.22. The average Bonchev–Trinajstić information content (AvgIpc) is 2.80. The summed E-state index contributed by atoms with van der Waals surface area (Å²) in [4.78, 5) is 2.42. The minimum atomic E-state index is 0.214. The zero-order valence-corrected chi connectivity index (χ0v) is 13.3. The molecule has 4 heteroatoms. The number of aromatic hydroxyl groups is 1. The SMILES string of the molecule is CCC(NCC1CCCN1C)c1cc(Br)ccc1O. The van der Waals surface area contributed by atoms with Crippen molar-refractivity contribution in [3.8, 4) is 5.75 Å². The molecular formula is C15H23BrN2O. The maximum atomic E-state index is 10.0. The fourth-order valence-electron chi connectivity index (χ4n) is 2.79. The Morgan fingerprint density at radius 1 is 1.53 bits per heavy atom. The van der Waals surface area contributed by atoms with Gasteiger partial charge in [0.05, 0.1) is 0 Å². The topological polar surface area (TPSA) is 35.5 Å². The molecule has 1 heterocycles. The molecule has 0 amide bonds. The molecule has 0 bridgehead atoms. The summed E-state index contributed by atoms with van der Waals surface area (Å²) in [5.41, 5.74) is 0.984. The Hall–Kier alpha value is -0.580. The number of hydrogen-bond donors (Lipinski definition) is 2. The van der Waals surface area contributed by atoms with Crippen LogP contribution < -0.4 is 5.32 Å². The molecule has 1 fully saturated rings. The zero-order valence-electron chi connectivity index (χ0n) is 11.7. The van der Waals surface area contributed by atoms with Gasteiger partial charge in [0, 0.05) is 28.7 Å². The molecule has 2 rings (SSSR count). The predicted octanol–water partition coefficient (Wildman–Crippen LogP) is 3.29. The molecule has 19 heavy (non-hydrogen) atoms. The van der Waals surface area contributed by atoms with Crippen LogP contribution in [0.5, 0.6) is 5.75 Å². The van der Waals surface area contributed by atoms with E-state index in [1.165, 1.54) is 19.4 Å². The highest BCUT2D eigenvalue weighted by molar-refractivity contribution is 9.10. The second kappa shape index (κ2) is 6.73. The van der Waals surface area contributed by atoms with E-state index < -0.39 is 0 Å². The molecule has 2 unspecified atom stereocenters. The molecule has 0 aliphatic carbocycles. The van der Waals surface area contributed by atoms with Gasteiger partial charge in [-0.2, -0.15) is 0 Å². The van der Waals surface area contributed by atoms with Gasteiger partial charge in [0.15, 0.2) is 0 Å². The van der Waals surface area contributed by atoms with Gasteiger partial charge in [-0.3, -0.25) is 0 Å². The van der Waals surface area contributed by atoms with Crippen molar-refractivity contribution < 1.29 is 5.11 Å². The Balaban J connectivity index is 2.01. The lowest BCUT2D eigenvalue weighted by molar-refractivity contribution is 0.289. The summed E-state index contributed by atoms with van der Waals surface area (Å²) in [5, 5.41) is 13.6. The normalized spacial score (nSPS) is 21.7. The smallest absolute Gasteiger partial charge is 0.120 e. The number of likely N-dealkylation sites (N-methyl/N-ethyl adjacent to an activating group) is 1. The fraction of sp³-hybridized carbons (Fsp3) is 0.600. The highest BCUT2D eigenvalue weighted by atomic mass is 79.9. The van der Waals surface area contributed by atoms with E-state index in [9.17, 15) is 5.11 Å². The highest BCUT2D eigenvalue weighted by Crippen LogP contribution is 2.29. The summed E-state index contributed by atoms with van der Waals surface area (Å²) >= 11 is 3.47. The van der Waals surface area contributed by atoms with E-state index in [-0.39, 0.29) is 6.04 Å². The second-order valence-electron chi connectivity index (χ2n) is 5.35. The van der Waals surface area contributed by atoms with Gasteiger partial charge < -0.3 is 15.3 Å². The van der Waals surface area contributed by atoms with Crippen LogP contribution in [0.15, 0.2) is 22.7 Å². The lowest BCUT2D eigenvalue weighted by Gasteiger charge is -2.24. The monoisotopic (exact) mass is 326 g/mol. The molecule has 1 aromatic rings. The van der Waals surface area contributed by atoms with Crippen LogP contribution in [-0.2, 0) is 0 Å². The van der Waals surface area contributed by atoms with Crippen LogP contribution in [0.4, 0.5) is 0 Å². The number of halogens is 1. The van der Waals surface area contributed by atoms with Gasteiger partial charge in [0.1, 0.15) is 5.75 Å². The number of phenols is 1. The number of likely N-dealkylation sites (tertiary alicyclic amines) is 1. The first-order valence-corrected chi connectivity index (χ1v) is 7.83. The van der Waals surface area contributed by atoms with E-state index in [2.05, 4.69) is 40.1 Å². The Kier molecular flexibility index (Phi) is 5.25. The molecule has 1 aliphatic heterocycles. The second-order valence-corrected chi connectivity index (χ2v) is 6.26. The minimum absolute atomic E-state index is 0.214. The van der Waals surface area contributed by atoms with E-state index in [4.69, 9.17) is 0 Å². The van der Waals surface area contributed by atoms with Crippen LogP contribution >= 0.6 is 15.9 Å². The summed E-state index contributed by atoms with van der Waals surface area (Å²) in [6, 6.07) is 6.48. The van der Waals surface area contributed by atoms with Gasteiger partial charge in [-0.05, 0) is 51.1 Å². The Bertz CT molecular complexity index is 425. The van der Waals surface area contributed by atoms with Crippen molar-refractivity contribution in [3.63, 3.8) is 0 Å². The largest absolute Gasteiger partial charge is 0.508 e. The predicted molar refractivity (Wildman–Crippen MR) is 82.5 cm³/mol. The zero-order chi connectivity index (χ0) is 13.8. The summed E-state index contributed by atoms with van der Waals surface area (Å²) < 4.78 is 1.01. The number of nitrogens with one attached hydrogen (secondary N) is 1. The molecule has 2 atom stereocenters. The van der Waals surface area contributed by atoms with Gasteiger partial charge in [-0.15, -0.1) is 0 Å². The van der Waals surface area contributed by atoms with E-state index in [0.717, 1.165) is 23.0 Å². The van der Waals surface area contributed by atoms with E-state index in [1.54, 1.807) is 6.07 Å². The lowest BCUT2D eigenvalue weighted by atomic mass is 10.0. The number of phenolic OH excluding ortho intramolecular Hbond substituents is 1. The number of rotatable bonds is 5. The Labute approximate surface area is 124 Å². The first-order chi connectivity index (χ1) is 9.11. The molecule has 0 saturated carbocycles. The van der Waals surface area contributed by atoms with Crippen LogP contribution in [-0.4, -0.2) is 36.2 Å². The van der Waals surface area contributed by atoms with Crippen molar-refractivity contribution >= 4 is 15.9 Å². The standard InChI is InChI=1S/C15H23BrN2O/c1-3-14(13-9-11(16)6-7-15(13)19)17-10-12-5-4-8-18(12)2/h6-7,9,12,14,17,19H,3-5,8,10H2,1-2H3. The van der Waals surface area contributed by atoms with E-state index in [0.29, 0.717) is 11.8 Å². The van der Waals surface area contributed by atoms with Gasteiger partial charge in [0.2, 0.25) is 0 Å². The molecule has 3 nitrogen and oxygen atoms in total. The van der Waals surface area contributed by atoms with E-state index in [1.807, 2.05) is 12.1 Å². The molecule has 1 saturated heterocycles. The van der Waals surface area contributed by atoms with Crippen LogP contribution in [0.25, 0.3) is 0 Å². The summed E-state index contributed by atoms with van der Waals surface area (Å²) in [6.45, 7) is 4.34. The molecule has 1 aliphatic rings. The first kappa shape index (κ1) is 14.8. The summed E-state index contributed by atoms with van der Waals surface area (Å²) in [7, 11) is 2.19. The Morgan fingerprint density at radius 3 is 2.95 bits per heavy atom. The van der Waals surface area contributed by atoms with Crippen LogP contribution in [0, 0.1) is 0 Å². The Morgan fingerprint density at radius 2 is 2.32 bits per heavy atom. The van der Waals surface area contributed by atoms with Crippen LogP contribution in [0.1, 0.15) is 37.8 Å². The molecule has 106 valence electrons. The maximum absolute atomic E-state index is 10.0. The number of benzene rings is 1. The van der Waals surface area contributed by atoms with Crippen molar-refractivity contribution in [1.82, 2.24) is 10.2 Å². The number of nitrogens with zero attached hydrogens (tertiary/aromatic N) is 1. The first-order valence-electron chi connectivity index (χ1n) is 7.04. The molecule has 0 radical (unpaired) electrons. The van der Waals surface area contributed by atoms with Gasteiger partial charge >= 0.3 is 0 Å². The van der Waals surface area contributed by atoms with Crippen molar-refractivity contribution in [2.45, 2.75) is 38.3 Å². The average molecular weight is 327 g/mol. The van der Waals surface area contributed by atoms with E-state index >= 15 is 0 Å². The molecule has 0 spiro atoms.